The molecule has 0 bridgehead atoms. The van der Waals surface area contributed by atoms with Gasteiger partial charge in [0.25, 0.3) is 0 Å². The van der Waals surface area contributed by atoms with Gasteiger partial charge in [0, 0.05) is 30.1 Å². The number of benzene rings is 1. The molecule has 0 saturated carbocycles. The number of aromatic amines is 1. The normalized spacial score (nSPS) is 10.6. The summed E-state index contributed by atoms with van der Waals surface area (Å²) >= 11 is 0. The van der Waals surface area contributed by atoms with E-state index in [1.807, 2.05) is 12.1 Å². The summed E-state index contributed by atoms with van der Waals surface area (Å²) in [6.45, 7) is 5.65. The summed E-state index contributed by atoms with van der Waals surface area (Å²) in [6.07, 6.45) is 2.81. The average molecular weight is 242 g/mol. The van der Waals surface area contributed by atoms with Gasteiger partial charge in [-0.2, -0.15) is 0 Å². The molecule has 3 heteroatoms. The van der Waals surface area contributed by atoms with E-state index in [2.05, 4.69) is 30.6 Å². The van der Waals surface area contributed by atoms with Crippen molar-refractivity contribution in [3.8, 4) is 0 Å². The number of para-hydroxylation sites is 1. The first-order valence-corrected chi connectivity index (χ1v) is 6.08. The lowest BCUT2D eigenvalue weighted by Gasteiger charge is -2.10. The van der Waals surface area contributed by atoms with E-state index in [0.717, 1.165) is 17.6 Å². The van der Waals surface area contributed by atoms with Crippen molar-refractivity contribution in [2.75, 3.05) is 7.05 Å². The number of carbonyl (C=O) groups is 1. The Kier molecular flexibility index (Phi) is 3.51. The molecule has 0 aliphatic rings. The van der Waals surface area contributed by atoms with Crippen LogP contribution >= 0.6 is 0 Å². The van der Waals surface area contributed by atoms with Gasteiger partial charge in [-0.1, -0.05) is 24.8 Å². The van der Waals surface area contributed by atoms with Crippen LogP contribution in [0, 0.1) is 6.92 Å². The highest BCUT2D eigenvalue weighted by atomic mass is 16.2. The fraction of sp³-hybridized carbons (Fsp3) is 0.267. The van der Waals surface area contributed by atoms with Crippen molar-refractivity contribution in [2.24, 2.45) is 0 Å². The first-order chi connectivity index (χ1) is 8.63. The minimum atomic E-state index is 0.0923. The molecule has 0 aliphatic heterocycles. The van der Waals surface area contributed by atoms with E-state index in [-0.39, 0.29) is 5.91 Å². The average Bonchev–Trinajstić information content (AvgIpc) is 2.70. The second-order valence-electron chi connectivity index (χ2n) is 4.46. The quantitative estimate of drug-likeness (QED) is 0.879. The summed E-state index contributed by atoms with van der Waals surface area (Å²) in [5.41, 5.74) is 3.51. The molecule has 0 saturated heterocycles. The van der Waals surface area contributed by atoms with Crippen LogP contribution < -0.4 is 0 Å². The molecule has 1 N–H and O–H groups in total. The lowest BCUT2D eigenvalue weighted by Crippen LogP contribution is -2.20. The number of hydrogen-bond donors (Lipinski definition) is 1. The zero-order chi connectivity index (χ0) is 13.1. The molecule has 0 fully saturated rings. The zero-order valence-corrected chi connectivity index (χ0v) is 10.9. The first-order valence-electron chi connectivity index (χ1n) is 6.08. The van der Waals surface area contributed by atoms with Crippen molar-refractivity contribution >= 4 is 16.8 Å². The maximum absolute atomic E-state index is 11.8. The maximum atomic E-state index is 11.8. The van der Waals surface area contributed by atoms with Crippen molar-refractivity contribution in [3.63, 3.8) is 0 Å². The van der Waals surface area contributed by atoms with Gasteiger partial charge < -0.3 is 9.88 Å². The second kappa shape index (κ2) is 5.08. The van der Waals surface area contributed by atoms with Gasteiger partial charge in [0.05, 0.1) is 0 Å². The number of fused-ring (bicyclic) bond motifs is 1. The Morgan fingerprint density at radius 1 is 1.44 bits per heavy atom. The van der Waals surface area contributed by atoms with E-state index in [1.54, 1.807) is 13.2 Å². The maximum Gasteiger partial charge on any atom is 0.226 e. The summed E-state index contributed by atoms with van der Waals surface area (Å²) in [5, 5.41) is 1.21. The topological polar surface area (TPSA) is 36.1 Å². The summed E-state index contributed by atoms with van der Waals surface area (Å²) in [4.78, 5) is 16.6. The van der Waals surface area contributed by atoms with E-state index in [9.17, 15) is 4.79 Å². The highest BCUT2D eigenvalue weighted by Crippen LogP contribution is 2.23. The fourth-order valence-electron chi connectivity index (χ4n) is 2.17. The molecule has 3 nitrogen and oxygen atoms in total. The van der Waals surface area contributed by atoms with Gasteiger partial charge >= 0.3 is 0 Å². The zero-order valence-electron chi connectivity index (χ0n) is 10.9. The number of nitrogens with zero attached hydrogens (tertiary/aromatic N) is 1. The molecule has 0 spiro atoms. The van der Waals surface area contributed by atoms with E-state index in [0.29, 0.717) is 6.42 Å². The third-order valence-corrected chi connectivity index (χ3v) is 3.28. The minimum absolute atomic E-state index is 0.0923. The summed E-state index contributed by atoms with van der Waals surface area (Å²) in [5.74, 6) is 0.0923. The molecule has 2 aromatic rings. The Balaban J connectivity index is 2.19. The van der Waals surface area contributed by atoms with Crippen molar-refractivity contribution < 1.29 is 4.79 Å². The monoisotopic (exact) mass is 242 g/mol. The molecular formula is C15H18N2O. The molecule has 1 heterocycles. The number of amides is 1. The molecule has 2 rings (SSSR count). The van der Waals surface area contributed by atoms with Crippen molar-refractivity contribution in [1.29, 1.82) is 0 Å². The lowest BCUT2D eigenvalue weighted by atomic mass is 10.1. The van der Waals surface area contributed by atoms with E-state index < -0.39 is 0 Å². The molecule has 1 aromatic carbocycles. The fourth-order valence-corrected chi connectivity index (χ4v) is 2.17. The van der Waals surface area contributed by atoms with Gasteiger partial charge in [-0.15, -0.1) is 0 Å². The second-order valence-corrected chi connectivity index (χ2v) is 4.46. The number of rotatable bonds is 4. The lowest BCUT2D eigenvalue weighted by molar-refractivity contribution is -0.127. The van der Waals surface area contributed by atoms with Crippen LogP contribution in [0.4, 0.5) is 0 Å². The van der Waals surface area contributed by atoms with Crippen LogP contribution in [0.1, 0.15) is 17.7 Å². The highest BCUT2D eigenvalue weighted by Gasteiger charge is 2.11. The predicted octanol–water partition coefficient (Wildman–Crippen LogP) is 3.01. The number of hydrogen-bond acceptors (Lipinski definition) is 1. The van der Waals surface area contributed by atoms with Crippen LogP contribution in [0.5, 0.6) is 0 Å². The number of carbonyl (C=O) groups excluding carboxylic acids is 1. The molecule has 1 amide bonds. The third-order valence-electron chi connectivity index (χ3n) is 3.28. The largest absolute Gasteiger partial charge is 0.358 e. The molecule has 0 aliphatic carbocycles. The Hall–Kier alpha value is -2.03. The van der Waals surface area contributed by atoms with E-state index >= 15 is 0 Å². The number of aromatic nitrogens is 1. The Labute approximate surface area is 107 Å². The van der Waals surface area contributed by atoms with Gasteiger partial charge in [-0.05, 0) is 31.2 Å². The molecular weight excluding hydrogens is 224 g/mol. The van der Waals surface area contributed by atoms with E-state index in [1.165, 1.54) is 15.8 Å². The molecule has 18 heavy (non-hydrogen) atoms. The molecule has 1 aromatic heterocycles. The number of aryl methyl sites for hydroxylation is 2. The standard InChI is InChI=1S/C15H18N2O/c1-4-17(3)15(18)10-9-12-11(2)16-14-8-6-5-7-13(12)14/h4-8,16H,1,9-10H2,2-3H3. The highest BCUT2D eigenvalue weighted by molar-refractivity contribution is 5.85. The van der Waals surface area contributed by atoms with Crippen LogP contribution in [-0.4, -0.2) is 22.8 Å². The van der Waals surface area contributed by atoms with Gasteiger partial charge in [0.15, 0.2) is 0 Å². The Bertz CT molecular complexity index is 583. The number of H-pyrrole nitrogens is 1. The first kappa shape index (κ1) is 12.4. The predicted molar refractivity (Wildman–Crippen MR) is 74.3 cm³/mol. The van der Waals surface area contributed by atoms with Gasteiger partial charge in [-0.25, -0.2) is 0 Å². The SMILES string of the molecule is C=CN(C)C(=O)CCc1c(C)[nH]c2ccccc12. The van der Waals surface area contributed by atoms with Gasteiger partial charge in [0.2, 0.25) is 5.91 Å². The molecule has 94 valence electrons. The third kappa shape index (κ3) is 2.30. The minimum Gasteiger partial charge on any atom is -0.358 e. The Morgan fingerprint density at radius 2 is 2.17 bits per heavy atom. The molecule has 0 atom stereocenters. The van der Waals surface area contributed by atoms with Crippen LogP contribution in [0.3, 0.4) is 0 Å². The summed E-state index contributed by atoms with van der Waals surface area (Å²) in [7, 11) is 1.73. The summed E-state index contributed by atoms with van der Waals surface area (Å²) < 4.78 is 0. The van der Waals surface area contributed by atoms with Gasteiger partial charge in [0.1, 0.15) is 0 Å². The van der Waals surface area contributed by atoms with Crippen molar-refractivity contribution in [3.05, 3.63) is 48.3 Å². The summed E-state index contributed by atoms with van der Waals surface area (Å²) in [6, 6.07) is 8.19. The molecule has 0 unspecified atom stereocenters. The Morgan fingerprint density at radius 3 is 2.89 bits per heavy atom. The van der Waals surface area contributed by atoms with Crippen molar-refractivity contribution in [2.45, 2.75) is 19.8 Å². The number of nitrogens with one attached hydrogen (secondary N) is 1. The van der Waals surface area contributed by atoms with Crippen LogP contribution in [-0.2, 0) is 11.2 Å². The van der Waals surface area contributed by atoms with Crippen LogP contribution in [0.15, 0.2) is 37.0 Å². The van der Waals surface area contributed by atoms with Crippen LogP contribution in [0.25, 0.3) is 10.9 Å². The van der Waals surface area contributed by atoms with Crippen LogP contribution in [0.2, 0.25) is 0 Å². The van der Waals surface area contributed by atoms with E-state index in [4.69, 9.17) is 0 Å². The van der Waals surface area contributed by atoms with Gasteiger partial charge in [-0.3, -0.25) is 4.79 Å². The molecule has 0 radical (unpaired) electrons. The smallest absolute Gasteiger partial charge is 0.226 e. The van der Waals surface area contributed by atoms with Crippen molar-refractivity contribution in [1.82, 2.24) is 9.88 Å².